The molecule has 3 fully saturated rings. The van der Waals surface area contributed by atoms with Crippen LogP contribution in [0.2, 0.25) is 0 Å². The summed E-state index contributed by atoms with van der Waals surface area (Å²) < 4.78 is 43.7. The summed E-state index contributed by atoms with van der Waals surface area (Å²) in [4.78, 5) is 30.4. The molecule has 28 heavy (non-hydrogen) atoms. The van der Waals surface area contributed by atoms with Crippen molar-refractivity contribution in [2.24, 2.45) is 0 Å². The number of halogens is 3. The molecule has 6 nitrogen and oxygen atoms in total. The molecule has 4 rings (SSSR count). The minimum Gasteiger partial charge on any atom is -0.378 e. The van der Waals surface area contributed by atoms with Crippen LogP contribution in [0.1, 0.15) is 22.8 Å². The Hall–Kier alpha value is -2.13. The average Bonchev–Trinajstić information content (AvgIpc) is 2.64. The Labute approximate surface area is 160 Å². The predicted molar refractivity (Wildman–Crippen MR) is 93.6 cm³/mol. The summed E-state index contributed by atoms with van der Waals surface area (Å²) in [6, 6.07) is 4.40. The second-order valence-electron chi connectivity index (χ2n) is 7.78. The van der Waals surface area contributed by atoms with Crippen molar-refractivity contribution in [2.45, 2.75) is 24.7 Å². The van der Waals surface area contributed by atoms with E-state index in [1.54, 1.807) is 9.80 Å². The average molecular weight is 397 g/mol. The van der Waals surface area contributed by atoms with Crippen molar-refractivity contribution in [1.82, 2.24) is 14.7 Å². The van der Waals surface area contributed by atoms with Gasteiger partial charge in [0.1, 0.15) is 0 Å². The minimum absolute atomic E-state index is 0.00267. The van der Waals surface area contributed by atoms with E-state index < -0.39 is 11.7 Å². The summed E-state index contributed by atoms with van der Waals surface area (Å²) in [5, 5.41) is 0. The van der Waals surface area contributed by atoms with Crippen LogP contribution in [0.5, 0.6) is 0 Å². The van der Waals surface area contributed by atoms with Gasteiger partial charge in [0.05, 0.1) is 30.4 Å². The second kappa shape index (κ2) is 6.73. The van der Waals surface area contributed by atoms with E-state index in [1.165, 1.54) is 19.1 Å². The van der Waals surface area contributed by atoms with E-state index in [9.17, 15) is 22.8 Å². The number of ether oxygens (including phenoxy) is 1. The molecule has 152 valence electrons. The SMILES string of the molecule is CC(=O)N1C[C@@H]2COCCN2C2(C1)CN(C(=O)c1ccc(C(F)(F)F)cc1)C2. The third-order valence-electron chi connectivity index (χ3n) is 5.92. The van der Waals surface area contributed by atoms with Crippen molar-refractivity contribution in [3.63, 3.8) is 0 Å². The van der Waals surface area contributed by atoms with E-state index in [0.29, 0.717) is 39.4 Å². The molecular weight excluding hydrogens is 375 g/mol. The number of morpholine rings is 1. The lowest BCUT2D eigenvalue weighted by Crippen LogP contribution is -2.81. The van der Waals surface area contributed by atoms with Crippen molar-refractivity contribution in [1.29, 1.82) is 0 Å². The van der Waals surface area contributed by atoms with Gasteiger partial charge in [-0.05, 0) is 24.3 Å². The van der Waals surface area contributed by atoms with Crippen LogP contribution in [0, 0.1) is 0 Å². The molecule has 1 spiro atoms. The smallest absolute Gasteiger partial charge is 0.378 e. The van der Waals surface area contributed by atoms with Crippen LogP contribution in [0.15, 0.2) is 24.3 Å². The van der Waals surface area contributed by atoms with Gasteiger partial charge in [0.25, 0.3) is 5.91 Å². The summed E-state index contributed by atoms with van der Waals surface area (Å²) in [5.74, 6) is -0.291. The summed E-state index contributed by atoms with van der Waals surface area (Å²) in [6.45, 7) is 5.53. The first-order valence-electron chi connectivity index (χ1n) is 9.26. The van der Waals surface area contributed by atoms with E-state index in [1.807, 2.05) is 0 Å². The summed E-state index contributed by atoms with van der Waals surface area (Å²) in [6.07, 6.45) is -4.42. The molecule has 3 saturated heterocycles. The van der Waals surface area contributed by atoms with Crippen LogP contribution in [-0.2, 0) is 15.7 Å². The van der Waals surface area contributed by atoms with Crippen LogP contribution in [0.4, 0.5) is 13.2 Å². The lowest BCUT2D eigenvalue weighted by Gasteiger charge is -2.63. The third kappa shape index (κ3) is 3.26. The summed E-state index contributed by atoms with van der Waals surface area (Å²) in [5.41, 5.74) is -0.842. The third-order valence-corrected chi connectivity index (χ3v) is 5.92. The normalized spacial score (nSPS) is 24.6. The fraction of sp³-hybridized carbons (Fsp3) is 0.579. The monoisotopic (exact) mass is 397 g/mol. The van der Waals surface area contributed by atoms with E-state index in [-0.39, 0.29) is 29.0 Å². The lowest BCUT2D eigenvalue weighted by molar-refractivity contribution is -0.167. The maximum absolute atomic E-state index is 12.7. The number of piperazine rings is 1. The van der Waals surface area contributed by atoms with Gasteiger partial charge in [0, 0.05) is 45.2 Å². The van der Waals surface area contributed by atoms with Crippen molar-refractivity contribution in [2.75, 3.05) is 45.9 Å². The van der Waals surface area contributed by atoms with Gasteiger partial charge in [0.15, 0.2) is 0 Å². The molecule has 0 unspecified atom stereocenters. The van der Waals surface area contributed by atoms with Gasteiger partial charge in [-0.1, -0.05) is 0 Å². The number of alkyl halides is 3. The number of carbonyl (C=O) groups is 2. The zero-order chi connectivity index (χ0) is 20.1. The number of hydrogen-bond donors (Lipinski definition) is 0. The molecule has 3 heterocycles. The van der Waals surface area contributed by atoms with Crippen molar-refractivity contribution < 1.29 is 27.5 Å². The highest BCUT2D eigenvalue weighted by Gasteiger charge is 2.55. The van der Waals surface area contributed by atoms with E-state index in [2.05, 4.69) is 4.90 Å². The number of carbonyl (C=O) groups excluding carboxylic acids is 2. The Kier molecular flexibility index (Phi) is 4.62. The highest BCUT2D eigenvalue weighted by Crippen LogP contribution is 2.36. The number of likely N-dealkylation sites (tertiary alicyclic amines) is 1. The van der Waals surface area contributed by atoms with Crippen LogP contribution in [-0.4, -0.2) is 84.0 Å². The lowest BCUT2D eigenvalue weighted by atomic mass is 9.82. The highest BCUT2D eigenvalue weighted by molar-refractivity contribution is 5.95. The number of nitrogens with zero attached hydrogens (tertiary/aromatic N) is 3. The minimum atomic E-state index is -4.42. The molecule has 0 aromatic heterocycles. The molecule has 0 radical (unpaired) electrons. The highest BCUT2D eigenvalue weighted by atomic mass is 19.4. The standard InChI is InChI=1S/C19H22F3N3O3/c1-13(26)23-8-16-9-28-7-6-25(16)18(10-23)11-24(12-18)17(27)14-2-4-15(5-3-14)19(20,21)22/h2-5,16H,6-12H2,1H3/t16-/m1/s1. The fourth-order valence-electron chi connectivity index (χ4n) is 4.51. The quantitative estimate of drug-likeness (QED) is 0.720. The molecule has 1 atom stereocenters. The van der Waals surface area contributed by atoms with E-state index in [4.69, 9.17) is 4.74 Å². The molecule has 0 bridgehead atoms. The van der Waals surface area contributed by atoms with Crippen molar-refractivity contribution in [3.05, 3.63) is 35.4 Å². The predicted octanol–water partition coefficient (Wildman–Crippen LogP) is 1.46. The summed E-state index contributed by atoms with van der Waals surface area (Å²) >= 11 is 0. The zero-order valence-electron chi connectivity index (χ0n) is 15.5. The topological polar surface area (TPSA) is 53.1 Å². The van der Waals surface area contributed by atoms with Crippen molar-refractivity contribution in [3.8, 4) is 0 Å². The first-order chi connectivity index (χ1) is 13.2. The van der Waals surface area contributed by atoms with Crippen LogP contribution < -0.4 is 0 Å². The fourth-order valence-corrected chi connectivity index (χ4v) is 4.51. The molecule has 1 aromatic carbocycles. The first kappa shape index (κ1) is 19.2. The van der Waals surface area contributed by atoms with E-state index in [0.717, 1.165) is 18.7 Å². The number of hydrogen-bond acceptors (Lipinski definition) is 4. The Balaban J connectivity index is 1.48. The molecule has 0 saturated carbocycles. The molecule has 0 N–H and O–H groups in total. The Morgan fingerprint density at radius 2 is 1.75 bits per heavy atom. The number of rotatable bonds is 1. The molecule has 3 aliphatic rings. The zero-order valence-corrected chi connectivity index (χ0v) is 15.5. The number of benzene rings is 1. The molecule has 0 aliphatic carbocycles. The van der Waals surface area contributed by atoms with Crippen molar-refractivity contribution >= 4 is 11.8 Å². The molecular formula is C19H22F3N3O3. The number of amides is 2. The van der Waals surface area contributed by atoms with Crippen LogP contribution in [0.3, 0.4) is 0 Å². The Morgan fingerprint density at radius 1 is 1.11 bits per heavy atom. The van der Waals surface area contributed by atoms with Gasteiger partial charge in [-0.15, -0.1) is 0 Å². The van der Waals surface area contributed by atoms with Gasteiger partial charge < -0.3 is 14.5 Å². The summed E-state index contributed by atoms with van der Waals surface area (Å²) in [7, 11) is 0. The van der Waals surface area contributed by atoms with Gasteiger partial charge in [-0.2, -0.15) is 13.2 Å². The number of fused-ring (bicyclic) bond motifs is 2. The van der Waals surface area contributed by atoms with E-state index >= 15 is 0 Å². The maximum atomic E-state index is 12.7. The van der Waals surface area contributed by atoms with Gasteiger partial charge in [0.2, 0.25) is 5.91 Å². The largest absolute Gasteiger partial charge is 0.416 e. The Bertz CT molecular complexity index is 775. The molecule has 2 amide bonds. The van der Waals surface area contributed by atoms with Gasteiger partial charge in [-0.3, -0.25) is 14.5 Å². The molecule has 3 aliphatic heterocycles. The van der Waals surface area contributed by atoms with Gasteiger partial charge >= 0.3 is 6.18 Å². The first-order valence-corrected chi connectivity index (χ1v) is 9.26. The molecule has 9 heteroatoms. The van der Waals surface area contributed by atoms with Gasteiger partial charge in [-0.25, -0.2) is 0 Å². The maximum Gasteiger partial charge on any atom is 0.416 e. The van der Waals surface area contributed by atoms with Crippen LogP contribution >= 0.6 is 0 Å². The van der Waals surface area contributed by atoms with Crippen LogP contribution in [0.25, 0.3) is 0 Å². The molecule has 1 aromatic rings. The second-order valence-corrected chi connectivity index (χ2v) is 7.78. The Morgan fingerprint density at radius 3 is 2.36 bits per heavy atom.